The van der Waals surface area contributed by atoms with Crippen molar-refractivity contribution in [2.75, 3.05) is 20.2 Å². The van der Waals surface area contributed by atoms with E-state index in [1.165, 1.54) is 29.6 Å². The van der Waals surface area contributed by atoms with Crippen LogP contribution in [0, 0.1) is 0 Å². The van der Waals surface area contributed by atoms with E-state index in [0.717, 1.165) is 0 Å². The molecule has 5 nitrogen and oxygen atoms in total. The second-order valence-corrected chi connectivity index (χ2v) is 6.99. The van der Waals surface area contributed by atoms with E-state index in [9.17, 15) is 13.5 Å². The maximum absolute atomic E-state index is 12.3. The van der Waals surface area contributed by atoms with Gasteiger partial charge in [-0.25, -0.2) is 8.42 Å². The number of nitrogens with zero attached hydrogens (tertiary/aromatic N) is 1. The van der Waals surface area contributed by atoms with Crippen LogP contribution < -0.4 is 4.74 Å². The van der Waals surface area contributed by atoms with Crippen LogP contribution in [0.3, 0.4) is 0 Å². The largest absolute Gasteiger partial charge is 0.495 e. The summed E-state index contributed by atoms with van der Waals surface area (Å²) in [4.78, 5) is 0.108. The fraction of sp³-hybridized carbons (Fsp3) is 0.500. The molecule has 0 saturated carbocycles. The Balaban J connectivity index is 2.24. The molecule has 1 aliphatic heterocycles. The molecule has 1 aromatic rings. The zero-order chi connectivity index (χ0) is 14.3. The fourth-order valence-electron chi connectivity index (χ4n) is 1.96. The standard InChI is InChI=1S/C12H16ClNO4S/c1-3-12(15)7-14(8-12)19(16,17)9-4-5-11(18-2)10(13)6-9/h4-6,15H,3,7-8H2,1-2H3. The van der Waals surface area contributed by atoms with Crippen molar-refractivity contribution < 1.29 is 18.3 Å². The summed E-state index contributed by atoms with van der Waals surface area (Å²) < 4.78 is 30.8. The lowest BCUT2D eigenvalue weighted by molar-refractivity contribution is -0.0613. The topological polar surface area (TPSA) is 66.8 Å². The van der Waals surface area contributed by atoms with Crippen molar-refractivity contribution >= 4 is 21.6 Å². The minimum absolute atomic E-state index is 0.108. The highest BCUT2D eigenvalue weighted by molar-refractivity contribution is 7.89. The number of hydrogen-bond acceptors (Lipinski definition) is 4. The molecule has 0 amide bonds. The summed E-state index contributed by atoms with van der Waals surface area (Å²) in [6.07, 6.45) is 0.530. The molecule has 0 spiro atoms. The highest BCUT2D eigenvalue weighted by Crippen LogP contribution is 2.33. The molecule has 0 aliphatic carbocycles. The van der Waals surface area contributed by atoms with Crippen LogP contribution in [0.2, 0.25) is 5.02 Å². The average Bonchev–Trinajstić information content (AvgIpc) is 2.34. The Morgan fingerprint density at radius 2 is 2.11 bits per heavy atom. The lowest BCUT2D eigenvalue weighted by Crippen LogP contribution is -2.62. The first-order chi connectivity index (χ1) is 8.82. The van der Waals surface area contributed by atoms with E-state index in [4.69, 9.17) is 16.3 Å². The molecule has 0 aromatic heterocycles. The molecule has 106 valence electrons. The Labute approximate surface area is 117 Å². The summed E-state index contributed by atoms with van der Waals surface area (Å²) in [5.41, 5.74) is -0.899. The molecule has 7 heteroatoms. The number of sulfonamides is 1. The smallest absolute Gasteiger partial charge is 0.243 e. The van der Waals surface area contributed by atoms with E-state index in [1.54, 1.807) is 0 Å². The van der Waals surface area contributed by atoms with Gasteiger partial charge in [-0.15, -0.1) is 0 Å². The molecular weight excluding hydrogens is 290 g/mol. The first kappa shape index (κ1) is 14.6. The van der Waals surface area contributed by atoms with E-state index >= 15 is 0 Å². The van der Waals surface area contributed by atoms with Crippen molar-refractivity contribution in [3.05, 3.63) is 23.2 Å². The monoisotopic (exact) mass is 305 g/mol. The van der Waals surface area contributed by atoms with Gasteiger partial charge < -0.3 is 9.84 Å². The normalized spacial score (nSPS) is 18.9. The van der Waals surface area contributed by atoms with Crippen LogP contribution in [0.15, 0.2) is 23.1 Å². The molecule has 0 radical (unpaired) electrons. The van der Waals surface area contributed by atoms with Crippen molar-refractivity contribution in [1.29, 1.82) is 0 Å². The van der Waals surface area contributed by atoms with Crippen molar-refractivity contribution in [1.82, 2.24) is 4.31 Å². The first-order valence-corrected chi connectivity index (χ1v) is 7.70. The Bertz CT molecular complexity index is 581. The van der Waals surface area contributed by atoms with Gasteiger partial charge in [0.2, 0.25) is 10.0 Å². The summed E-state index contributed by atoms with van der Waals surface area (Å²) in [6.45, 7) is 2.07. The Hall–Kier alpha value is -0.820. The Morgan fingerprint density at radius 3 is 2.58 bits per heavy atom. The number of aliphatic hydroxyl groups is 1. The third-order valence-corrected chi connectivity index (χ3v) is 5.44. The Kier molecular flexibility index (Phi) is 3.79. The van der Waals surface area contributed by atoms with Gasteiger partial charge in [-0.3, -0.25) is 0 Å². The number of benzene rings is 1. The number of methoxy groups -OCH3 is 1. The predicted octanol–water partition coefficient (Wildman–Crippen LogP) is 1.49. The SMILES string of the molecule is CCC1(O)CN(S(=O)(=O)c2ccc(OC)c(Cl)c2)C1. The second-order valence-electron chi connectivity index (χ2n) is 4.65. The maximum atomic E-state index is 12.3. The van der Waals surface area contributed by atoms with E-state index in [-0.39, 0.29) is 23.0 Å². The summed E-state index contributed by atoms with van der Waals surface area (Å²) >= 11 is 5.93. The van der Waals surface area contributed by atoms with Crippen molar-refractivity contribution in [3.8, 4) is 5.75 Å². The second kappa shape index (κ2) is 4.94. The van der Waals surface area contributed by atoms with Gasteiger partial charge in [0.1, 0.15) is 5.75 Å². The molecule has 1 aromatic carbocycles. The minimum Gasteiger partial charge on any atom is -0.495 e. The maximum Gasteiger partial charge on any atom is 0.243 e. The number of hydrogen-bond donors (Lipinski definition) is 1. The predicted molar refractivity (Wildman–Crippen MR) is 72.0 cm³/mol. The highest BCUT2D eigenvalue weighted by Gasteiger charge is 2.46. The summed E-state index contributed by atoms with van der Waals surface area (Å²) in [6, 6.07) is 4.32. The van der Waals surface area contributed by atoms with Gasteiger partial charge in [0.25, 0.3) is 0 Å². The molecule has 0 atom stereocenters. The van der Waals surface area contributed by atoms with E-state index in [0.29, 0.717) is 12.2 Å². The lowest BCUT2D eigenvalue weighted by Gasteiger charge is -2.44. The summed E-state index contributed by atoms with van der Waals surface area (Å²) in [7, 11) is -2.13. The Morgan fingerprint density at radius 1 is 1.47 bits per heavy atom. The van der Waals surface area contributed by atoms with Crippen LogP contribution in [0.1, 0.15) is 13.3 Å². The van der Waals surface area contributed by atoms with Crippen LogP contribution in [0.4, 0.5) is 0 Å². The quantitative estimate of drug-likeness (QED) is 0.915. The van der Waals surface area contributed by atoms with Crippen molar-refractivity contribution in [2.45, 2.75) is 23.8 Å². The molecule has 0 bridgehead atoms. The lowest BCUT2D eigenvalue weighted by atomic mass is 9.94. The molecule has 19 heavy (non-hydrogen) atoms. The van der Waals surface area contributed by atoms with Gasteiger partial charge in [0.05, 0.1) is 22.6 Å². The van der Waals surface area contributed by atoms with E-state index in [1.807, 2.05) is 6.92 Å². The third kappa shape index (κ3) is 2.58. The first-order valence-electron chi connectivity index (χ1n) is 5.88. The van der Waals surface area contributed by atoms with Crippen LogP contribution in [-0.2, 0) is 10.0 Å². The van der Waals surface area contributed by atoms with Crippen LogP contribution >= 0.6 is 11.6 Å². The zero-order valence-electron chi connectivity index (χ0n) is 10.8. The van der Waals surface area contributed by atoms with E-state index in [2.05, 4.69) is 0 Å². The molecule has 1 N–H and O–H groups in total. The molecule has 0 unspecified atom stereocenters. The van der Waals surface area contributed by atoms with Crippen LogP contribution in [0.5, 0.6) is 5.75 Å². The van der Waals surface area contributed by atoms with Crippen molar-refractivity contribution in [3.63, 3.8) is 0 Å². The van der Waals surface area contributed by atoms with Crippen molar-refractivity contribution in [2.24, 2.45) is 0 Å². The van der Waals surface area contributed by atoms with E-state index < -0.39 is 15.6 Å². The molecule has 2 rings (SSSR count). The van der Waals surface area contributed by atoms with Crippen LogP contribution in [-0.4, -0.2) is 43.6 Å². The summed E-state index contributed by atoms with van der Waals surface area (Å²) in [5.74, 6) is 0.425. The molecule has 1 heterocycles. The van der Waals surface area contributed by atoms with Gasteiger partial charge in [0, 0.05) is 13.1 Å². The minimum atomic E-state index is -3.60. The fourth-order valence-corrected chi connectivity index (χ4v) is 3.91. The number of β-amino-alcohol motifs (C(OH)–C–C–N with tert-alkyl or cyclic N) is 1. The highest BCUT2D eigenvalue weighted by atomic mass is 35.5. The zero-order valence-corrected chi connectivity index (χ0v) is 12.3. The van der Waals surface area contributed by atoms with Gasteiger partial charge in [-0.2, -0.15) is 4.31 Å². The van der Waals surface area contributed by atoms with Crippen LogP contribution in [0.25, 0.3) is 0 Å². The van der Waals surface area contributed by atoms with Gasteiger partial charge in [-0.1, -0.05) is 18.5 Å². The van der Waals surface area contributed by atoms with Gasteiger partial charge in [0.15, 0.2) is 0 Å². The molecule has 1 fully saturated rings. The number of ether oxygens (including phenoxy) is 1. The van der Waals surface area contributed by atoms with Gasteiger partial charge >= 0.3 is 0 Å². The summed E-state index contributed by atoms with van der Waals surface area (Å²) in [5, 5.41) is 10.1. The molecular formula is C12H16ClNO4S. The molecule has 1 aliphatic rings. The average molecular weight is 306 g/mol. The third-order valence-electron chi connectivity index (χ3n) is 3.36. The molecule has 1 saturated heterocycles. The van der Waals surface area contributed by atoms with Gasteiger partial charge in [-0.05, 0) is 24.6 Å². The number of rotatable bonds is 4. The number of halogens is 1.